The summed E-state index contributed by atoms with van der Waals surface area (Å²) in [5.41, 5.74) is 5.37. The molecule has 1 aliphatic carbocycles. The van der Waals surface area contributed by atoms with Gasteiger partial charge in [-0.1, -0.05) is 5.10 Å². The number of rotatable bonds is 4. The molecule has 1 fully saturated rings. The van der Waals surface area contributed by atoms with Gasteiger partial charge in [-0.3, -0.25) is 0 Å². The van der Waals surface area contributed by atoms with Crippen LogP contribution in [0.4, 0.5) is 6.01 Å². The van der Waals surface area contributed by atoms with Gasteiger partial charge in [-0.15, -0.1) is 5.10 Å². The van der Waals surface area contributed by atoms with Crippen LogP contribution in [-0.4, -0.2) is 35.0 Å². The van der Waals surface area contributed by atoms with Crippen molar-refractivity contribution in [2.24, 2.45) is 11.7 Å². The van der Waals surface area contributed by atoms with Gasteiger partial charge in [0, 0.05) is 13.6 Å². The third-order valence-corrected chi connectivity index (χ3v) is 2.70. The van der Waals surface area contributed by atoms with Crippen LogP contribution < -0.4 is 10.6 Å². The summed E-state index contributed by atoms with van der Waals surface area (Å²) in [6, 6.07) is 0.497. The van der Waals surface area contributed by atoms with E-state index in [1.54, 1.807) is 0 Å². The Morgan fingerprint density at radius 1 is 1.53 bits per heavy atom. The highest BCUT2D eigenvalue weighted by atomic mass is 16.4. The Hall–Kier alpha value is -1.14. The summed E-state index contributed by atoms with van der Waals surface area (Å²) < 4.78 is 5.31. The van der Waals surface area contributed by atoms with E-state index < -0.39 is 0 Å². The second kappa shape index (κ2) is 4.16. The molecule has 6 heteroatoms. The van der Waals surface area contributed by atoms with Gasteiger partial charge in [0.2, 0.25) is 5.89 Å². The first-order valence-corrected chi connectivity index (χ1v) is 5.10. The Morgan fingerprint density at radius 2 is 2.27 bits per heavy atom. The summed E-state index contributed by atoms with van der Waals surface area (Å²) in [5.74, 6) is 0.976. The number of hydrogen-bond donors (Lipinski definition) is 2. The van der Waals surface area contributed by atoms with Crippen LogP contribution in [-0.2, 0) is 6.54 Å². The minimum absolute atomic E-state index is 0.120. The highest BCUT2D eigenvalue weighted by Crippen LogP contribution is 2.28. The lowest BCUT2D eigenvalue weighted by molar-refractivity contribution is 0.0461. The van der Waals surface area contributed by atoms with E-state index in [1.807, 2.05) is 11.9 Å². The second-order valence-corrected chi connectivity index (χ2v) is 4.05. The van der Waals surface area contributed by atoms with Crippen molar-refractivity contribution in [1.82, 2.24) is 10.2 Å². The summed E-state index contributed by atoms with van der Waals surface area (Å²) in [5, 5.41) is 16.8. The van der Waals surface area contributed by atoms with Crippen molar-refractivity contribution in [2.75, 3.05) is 18.5 Å². The molecule has 15 heavy (non-hydrogen) atoms. The molecule has 0 radical (unpaired) electrons. The molecule has 0 saturated heterocycles. The predicted octanol–water partition coefficient (Wildman–Crippen LogP) is -0.265. The van der Waals surface area contributed by atoms with Crippen molar-refractivity contribution in [3.63, 3.8) is 0 Å². The largest absolute Gasteiger partial charge is 0.407 e. The first-order valence-electron chi connectivity index (χ1n) is 5.10. The highest BCUT2D eigenvalue weighted by molar-refractivity contribution is 5.22. The Labute approximate surface area is 88.1 Å². The number of nitrogens with two attached hydrogens (primary N) is 1. The third kappa shape index (κ3) is 2.27. The monoisotopic (exact) mass is 212 g/mol. The van der Waals surface area contributed by atoms with Gasteiger partial charge in [0.1, 0.15) is 0 Å². The SMILES string of the molecule is CN(CC1CC(O)C1)c1nnc(CN)o1. The van der Waals surface area contributed by atoms with Gasteiger partial charge in [0.25, 0.3) is 0 Å². The fourth-order valence-corrected chi connectivity index (χ4v) is 1.80. The lowest BCUT2D eigenvalue weighted by Gasteiger charge is -2.33. The van der Waals surface area contributed by atoms with Gasteiger partial charge in [0.05, 0.1) is 12.6 Å². The van der Waals surface area contributed by atoms with E-state index in [2.05, 4.69) is 10.2 Å². The van der Waals surface area contributed by atoms with E-state index in [0.717, 1.165) is 19.4 Å². The minimum atomic E-state index is -0.120. The number of nitrogens with zero attached hydrogens (tertiary/aromatic N) is 3. The molecular formula is C9H16N4O2. The maximum absolute atomic E-state index is 9.16. The summed E-state index contributed by atoms with van der Waals surface area (Å²) in [7, 11) is 1.90. The topological polar surface area (TPSA) is 88.4 Å². The summed E-state index contributed by atoms with van der Waals surface area (Å²) >= 11 is 0. The van der Waals surface area contributed by atoms with Crippen LogP contribution in [0.15, 0.2) is 4.42 Å². The molecular weight excluding hydrogens is 196 g/mol. The van der Waals surface area contributed by atoms with Gasteiger partial charge >= 0.3 is 6.01 Å². The van der Waals surface area contributed by atoms with Crippen LogP contribution in [0.2, 0.25) is 0 Å². The molecule has 0 spiro atoms. The second-order valence-electron chi connectivity index (χ2n) is 4.05. The molecule has 84 valence electrons. The number of aromatic nitrogens is 2. The molecule has 3 N–H and O–H groups in total. The first kappa shape index (κ1) is 10.4. The fourth-order valence-electron chi connectivity index (χ4n) is 1.80. The fraction of sp³-hybridized carbons (Fsp3) is 0.778. The van der Waals surface area contributed by atoms with E-state index >= 15 is 0 Å². The van der Waals surface area contributed by atoms with Gasteiger partial charge in [0.15, 0.2) is 0 Å². The maximum atomic E-state index is 9.16. The summed E-state index contributed by atoms with van der Waals surface area (Å²) in [6.45, 7) is 1.10. The van der Waals surface area contributed by atoms with Crippen LogP contribution in [0.1, 0.15) is 18.7 Å². The molecule has 1 saturated carbocycles. The molecule has 2 rings (SSSR count). The zero-order valence-electron chi connectivity index (χ0n) is 8.76. The first-order chi connectivity index (χ1) is 7.19. The van der Waals surface area contributed by atoms with Gasteiger partial charge < -0.3 is 20.2 Å². The van der Waals surface area contributed by atoms with Crippen molar-refractivity contribution >= 4 is 6.01 Å². The van der Waals surface area contributed by atoms with Crippen molar-refractivity contribution in [3.05, 3.63) is 5.89 Å². The number of anilines is 1. The minimum Gasteiger partial charge on any atom is -0.407 e. The lowest BCUT2D eigenvalue weighted by Crippen LogP contribution is -2.37. The quantitative estimate of drug-likeness (QED) is 0.714. The van der Waals surface area contributed by atoms with Crippen LogP contribution in [0.25, 0.3) is 0 Å². The van der Waals surface area contributed by atoms with Gasteiger partial charge in [-0.2, -0.15) is 0 Å². The smallest absolute Gasteiger partial charge is 0.317 e. The number of hydrogen-bond acceptors (Lipinski definition) is 6. The summed E-state index contributed by atoms with van der Waals surface area (Å²) in [6.07, 6.45) is 1.61. The van der Waals surface area contributed by atoms with E-state index in [9.17, 15) is 0 Å². The Balaban J connectivity index is 1.87. The predicted molar refractivity (Wildman–Crippen MR) is 54.2 cm³/mol. The Morgan fingerprint density at radius 3 is 2.80 bits per heavy atom. The molecule has 1 aromatic heterocycles. The molecule has 0 aromatic carbocycles. The zero-order chi connectivity index (χ0) is 10.8. The molecule has 6 nitrogen and oxygen atoms in total. The van der Waals surface area contributed by atoms with E-state index in [-0.39, 0.29) is 12.6 Å². The van der Waals surface area contributed by atoms with Crippen LogP contribution in [0.3, 0.4) is 0 Å². The standard InChI is InChI=1S/C9H16N4O2/c1-13(5-6-2-7(14)3-6)9-12-11-8(4-10)15-9/h6-7,14H,2-5,10H2,1H3. The molecule has 0 bridgehead atoms. The highest BCUT2D eigenvalue weighted by Gasteiger charge is 2.28. The Bertz CT molecular complexity index is 322. The van der Waals surface area contributed by atoms with Gasteiger partial charge in [-0.05, 0) is 18.8 Å². The number of aliphatic hydroxyl groups excluding tert-OH is 1. The molecule has 1 aliphatic rings. The van der Waals surface area contributed by atoms with Crippen LogP contribution in [0, 0.1) is 5.92 Å². The molecule has 1 aromatic rings. The Kier molecular flexibility index (Phi) is 2.88. The third-order valence-electron chi connectivity index (χ3n) is 2.70. The molecule has 0 atom stereocenters. The summed E-state index contributed by atoms with van der Waals surface area (Å²) in [4.78, 5) is 1.91. The molecule has 0 aliphatic heterocycles. The van der Waals surface area contributed by atoms with Crippen molar-refractivity contribution < 1.29 is 9.52 Å². The average molecular weight is 212 g/mol. The van der Waals surface area contributed by atoms with E-state index in [4.69, 9.17) is 15.3 Å². The van der Waals surface area contributed by atoms with Crippen molar-refractivity contribution in [3.8, 4) is 0 Å². The average Bonchev–Trinajstić information content (AvgIpc) is 2.63. The van der Waals surface area contributed by atoms with E-state index in [0.29, 0.717) is 17.8 Å². The lowest BCUT2D eigenvalue weighted by atomic mass is 9.82. The molecule has 1 heterocycles. The number of aliphatic hydroxyl groups is 1. The van der Waals surface area contributed by atoms with Crippen LogP contribution in [0.5, 0.6) is 0 Å². The van der Waals surface area contributed by atoms with Gasteiger partial charge in [-0.25, -0.2) is 0 Å². The van der Waals surface area contributed by atoms with E-state index in [1.165, 1.54) is 0 Å². The maximum Gasteiger partial charge on any atom is 0.317 e. The normalized spacial score (nSPS) is 25.0. The van der Waals surface area contributed by atoms with Crippen LogP contribution >= 0.6 is 0 Å². The zero-order valence-corrected chi connectivity index (χ0v) is 8.76. The molecule has 0 amide bonds. The van der Waals surface area contributed by atoms with Crippen molar-refractivity contribution in [2.45, 2.75) is 25.5 Å². The molecule has 0 unspecified atom stereocenters. The van der Waals surface area contributed by atoms with Crippen molar-refractivity contribution in [1.29, 1.82) is 0 Å².